The van der Waals surface area contributed by atoms with Crippen molar-refractivity contribution < 1.29 is 4.79 Å². The Morgan fingerprint density at radius 1 is 1.36 bits per heavy atom. The Balaban J connectivity index is 1.66. The summed E-state index contributed by atoms with van der Waals surface area (Å²) in [5.74, 6) is 1.96. The number of benzene rings is 1. The van der Waals surface area contributed by atoms with Gasteiger partial charge in [-0.05, 0) is 31.7 Å². The van der Waals surface area contributed by atoms with Gasteiger partial charge in [-0.15, -0.1) is 10.2 Å². The molecule has 5 nitrogen and oxygen atoms in total. The van der Waals surface area contributed by atoms with Crippen molar-refractivity contribution >= 4 is 17.7 Å². The zero-order chi connectivity index (χ0) is 18.0. The normalized spacial score (nSPS) is 14.1. The van der Waals surface area contributed by atoms with E-state index in [9.17, 15) is 4.79 Å². The van der Waals surface area contributed by atoms with E-state index in [0.717, 1.165) is 35.9 Å². The Bertz CT molecular complexity index is 752. The molecule has 0 aliphatic heterocycles. The molecule has 1 aromatic carbocycles. The first-order valence-electron chi connectivity index (χ1n) is 8.84. The van der Waals surface area contributed by atoms with Gasteiger partial charge in [-0.25, -0.2) is 0 Å². The van der Waals surface area contributed by atoms with Crippen molar-refractivity contribution in [2.24, 2.45) is 13.0 Å². The lowest BCUT2D eigenvalue weighted by Crippen LogP contribution is -2.37. The second kappa shape index (κ2) is 7.60. The lowest BCUT2D eigenvalue weighted by Gasteiger charge is -2.24. The molecule has 1 aliphatic rings. The van der Waals surface area contributed by atoms with Crippen LogP contribution in [-0.2, 0) is 11.8 Å². The van der Waals surface area contributed by atoms with E-state index in [0.29, 0.717) is 17.7 Å². The molecule has 0 bridgehead atoms. The number of thioether (sulfide) groups is 1. The first-order chi connectivity index (χ1) is 12.0. The Labute approximate surface area is 153 Å². The van der Waals surface area contributed by atoms with Gasteiger partial charge in [-0.3, -0.25) is 4.79 Å². The van der Waals surface area contributed by atoms with Gasteiger partial charge in [0.05, 0.1) is 5.75 Å². The van der Waals surface area contributed by atoms with Crippen LogP contribution in [0.3, 0.4) is 0 Å². The molecule has 0 radical (unpaired) electrons. The van der Waals surface area contributed by atoms with Crippen LogP contribution in [0, 0.1) is 12.8 Å². The largest absolute Gasteiger partial charge is 0.339 e. The molecular formula is C19H26N4OS. The third kappa shape index (κ3) is 4.42. The number of aromatic nitrogens is 3. The van der Waals surface area contributed by atoms with Gasteiger partial charge in [0.1, 0.15) is 0 Å². The fraction of sp³-hybridized carbons (Fsp3) is 0.526. The number of nitrogens with zero attached hydrogens (tertiary/aromatic N) is 4. The average molecular weight is 359 g/mol. The molecule has 1 aromatic heterocycles. The van der Waals surface area contributed by atoms with Gasteiger partial charge in [0.25, 0.3) is 0 Å². The Morgan fingerprint density at radius 2 is 2.12 bits per heavy atom. The molecule has 25 heavy (non-hydrogen) atoms. The van der Waals surface area contributed by atoms with Crippen molar-refractivity contribution in [3.05, 3.63) is 29.8 Å². The maximum absolute atomic E-state index is 12.6. The maximum atomic E-state index is 12.6. The molecule has 0 saturated heterocycles. The molecule has 1 amide bonds. The van der Waals surface area contributed by atoms with Crippen molar-refractivity contribution in [1.29, 1.82) is 0 Å². The van der Waals surface area contributed by atoms with Crippen LogP contribution in [0.4, 0.5) is 0 Å². The van der Waals surface area contributed by atoms with E-state index in [2.05, 4.69) is 48.0 Å². The molecule has 1 saturated carbocycles. The highest BCUT2D eigenvalue weighted by atomic mass is 32.2. The molecule has 0 N–H and O–H groups in total. The lowest BCUT2D eigenvalue weighted by atomic mass is 10.1. The van der Waals surface area contributed by atoms with E-state index < -0.39 is 0 Å². The van der Waals surface area contributed by atoms with Gasteiger partial charge in [0.2, 0.25) is 5.91 Å². The van der Waals surface area contributed by atoms with Crippen molar-refractivity contribution in [3.63, 3.8) is 0 Å². The summed E-state index contributed by atoms with van der Waals surface area (Å²) in [6.45, 7) is 7.23. The van der Waals surface area contributed by atoms with Gasteiger partial charge in [-0.1, -0.05) is 49.4 Å². The summed E-state index contributed by atoms with van der Waals surface area (Å²) >= 11 is 1.47. The second-order valence-electron chi connectivity index (χ2n) is 7.19. The lowest BCUT2D eigenvalue weighted by molar-refractivity contribution is -0.129. The van der Waals surface area contributed by atoms with Crippen LogP contribution in [0.2, 0.25) is 0 Å². The van der Waals surface area contributed by atoms with Crippen LogP contribution in [0.1, 0.15) is 32.3 Å². The third-order valence-electron chi connectivity index (χ3n) is 4.31. The van der Waals surface area contributed by atoms with Crippen LogP contribution < -0.4 is 0 Å². The predicted molar refractivity (Wildman–Crippen MR) is 101 cm³/mol. The Kier molecular flexibility index (Phi) is 5.47. The number of rotatable bonds is 7. The van der Waals surface area contributed by atoms with Crippen LogP contribution in [0.5, 0.6) is 0 Å². The molecule has 1 aliphatic carbocycles. The van der Waals surface area contributed by atoms with Crippen molar-refractivity contribution in [3.8, 4) is 11.4 Å². The summed E-state index contributed by atoms with van der Waals surface area (Å²) in [4.78, 5) is 14.7. The van der Waals surface area contributed by atoms with Gasteiger partial charge < -0.3 is 9.47 Å². The fourth-order valence-electron chi connectivity index (χ4n) is 2.92. The molecule has 1 fully saturated rings. The highest BCUT2D eigenvalue weighted by Crippen LogP contribution is 2.29. The first kappa shape index (κ1) is 18.0. The molecular weight excluding hydrogens is 332 g/mol. The molecule has 0 spiro atoms. The van der Waals surface area contributed by atoms with Gasteiger partial charge in [0, 0.05) is 25.2 Å². The standard InChI is InChI=1S/C19H26N4OS/c1-13(2)11-23(16-8-9-16)17(24)12-25-19-21-20-18(22(19)4)15-7-5-6-14(3)10-15/h5-7,10,13,16H,8-9,11-12H2,1-4H3. The molecule has 0 unspecified atom stereocenters. The van der Waals surface area contributed by atoms with Crippen LogP contribution in [-0.4, -0.2) is 43.9 Å². The quantitative estimate of drug-likeness (QED) is 0.711. The smallest absolute Gasteiger partial charge is 0.233 e. The van der Waals surface area contributed by atoms with E-state index in [1.54, 1.807) is 0 Å². The van der Waals surface area contributed by atoms with Gasteiger partial charge in [-0.2, -0.15) is 0 Å². The first-order valence-corrected chi connectivity index (χ1v) is 9.83. The van der Waals surface area contributed by atoms with Gasteiger partial charge in [0.15, 0.2) is 11.0 Å². The molecule has 2 aromatic rings. The minimum atomic E-state index is 0.210. The number of hydrogen-bond acceptors (Lipinski definition) is 4. The molecule has 3 rings (SSSR count). The average Bonchev–Trinajstić information content (AvgIpc) is 3.34. The predicted octanol–water partition coefficient (Wildman–Crippen LogP) is 3.53. The number of hydrogen-bond donors (Lipinski definition) is 0. The monoisotopic (exact) mass is 358 g/mol. The summed E-state index contributed by atoms with van der Waals surface area (Å²) in [5.41, 5.74) is 2.24. The van der Waals surface area contributed by atoms with Crippen molar-refractivity contribution in [1.82, 2.24) is 19.7 Å². The molecule has 0 atom stereocenters. The summed E-state index contributed by atoms with van der Waals surface area (Å²) in [6.07, 6.45) is 2.29. The van der Waals surface area contributed by atoms with Crippen LogP contribution in [0.15, 0.2) is 29.4 Å². The van der Waals surface area contributed by atoms with E-state index in [1.165, 1.54) is 17.3 Å². The summed E-state index contributed by atoms with van der Waals surface area (Å²) in [7, 11) is 1.96. The summed E-state index contributed by atoms with van der Waals surface area (Å²) < 4.78 is 1.97. The van der Waals surface area contributed by atoms with E-state index in [4.69, 9.17) is 0 Å². The van der Waals surface area contributed by atoms with Crippen LogP contribution >= 0.6 is 11.8 Å². The highest BCUT2D eigenvalue weighted by molar-refractivity contribution is 7.99. The third-order valence-corrected chi connectivity index (χ3v) is 5.31. The topological polar surface area (TPSA) is 51.0 Å². The molecule has 1 heterocycles. The number of carbonyl (C=O) groups excluding carboxylic acids is 1. The highest BCUT2D eigenvalue weighted by Gasteiger charge is 2.32. The minimum absolute atomic E-state index is 0.210. The maximum Gasteiger partial charge on any atom is 0.233 e. The SMILES string of the molecule is Cc1cccc(-c2nnc(SCC(=O)N(CC(C)C)C3CC3)n2C)c1. The second-order valence-corrected chi connectivity index (χ2v) is 8.14. The van der Waals surface area contributed by atoms with Gasteiger partial charge >= 0.3 is 0 Å². The zero-order valence-electron chi connectivity index (χ0n) is 15.4. The number of carbonyl (C=O) groups is 1. The number of amides is 1. The summed E-state index contributed by atoms with van der Waals surface area (Å²) in [5, 5.41) is 9.38. The van der Waals surface area contributed by atoms with Crippen molar-refractivity contribution in [2.75, 3.05) is 12.3 Å². The van der Waals surface area contributed by atoms with E-state index in [-0.39, 0.29) is 5.91 Å². The van der Waals surface area contributed by atoms with E-state index >= 15 is 0 Å². The molecule has 134 valence electrons. The van der Waals surface area contributed by atoms with E-state index in [1.807, 2.05) is 23.7 Å². The Morgan fingerprint density at radius 3 is 2.76 bits per heavy atom. The Hall–Kier alpha value is -1.82. The number of aryl methyl sites for hydroxylation is 1. The minimum Gasteiger partial charge on any atom is -0.339 e. The summed E-state index contributed by atoms with van der Waals surface area (Å²) in [6, 6.07) is 8.68. The van der Waals surface area contributed by atoms with Crippen LogP contribution in [0.25, 0.3) is 11.4 Å². The van der Waals surface area contributed by atoms with Crippen molar-refractivity contribution in [2.45, 2.75) is 44.8 Å². The fourth-order valence-corrected chi connectivity index (χ4v) is 3.72. The zero-order valence-corrected chi connectivity index (χ0v) is 16.2. The molecule has 6 heteroatoms.